The standard InChI is InChI=1S/C10H9Br2NO5/c1-18-5-2-3-7(13(16)17)6(4-5)8(11)9(12)10(14)15/h2-4,8-9H,1H3,(H,14,15). The van der Waals surface area contributed by atoms with E-state index in [1.807, 2.05) is 0 Å². The molecule has 18 heavy (non-hydrogen) atoms. The minimum absolute atomic E-state index is 0.164. The maximum Gasteiger partial charge on any atom is 0.318 e. The molecule has 1 N–H and O–H groups in total. The molecule has 1 aromatic rings. The number of alkyl halides is 2. The van der Waals surface area contributed by atoms with Crippen molar-refractivity contribution in [3.63, 3.8) is 0 Å². The maximum atomic E-state index is 10.9. The van der Waals surface area contributed by atoms with Crippen molar-refractivity contribution < 1.29 is 19.6 Å². The lowest BCUT2D eigenvalue weighted by atomic mass is 10.1. The smallest absolute Gasteiger partial charge is 0.318 e. The molecule has 0 amide bonds. The van der Waals surface area contributed by atoms with Crippen LogP contribution in [0.1, 0.15) is 10.4 Å². The van der Waals surface area contributed by atoms with Crippen LogP contribution >= 0.6 is 31.9 Å². The van der Waals surface area contributed by atoms with Crippen molar-refractivity contribution in [2.24, 2.45) is 0 Å². The Hall–Kier alpha value is -1.15. The number of aliphatic carboxylic acids is 1. The first kappa shape index (κ1) is 14.9. The average molecular weight is 383 g/mol. The summed E-state index contributed by atoms with van der Waals surface area (Å²) >= 11 is 6.11. The van der Waals surface area contributed by atoms with Gasteiger partial charge in [0.2, 0.25) is 0 Å². The Kier molecular flexibility index (Phi) is 5.09. The van der Waals surface area contributed by atoms with Gasteiger partial charge in [-0.3, -0.25) is 14.9 Å². The Morgan fingerprint density at radius 3 is 2.56 bits per heavy atom. The molecule has 0 saturated heterocycles. The second-order valence-corrected chi connectivity index (χ2v) is 5.30. The number of carboxylic acids is 1. The Labute approximate surface area is 119 Å². The number of ether oxygens (including phenoxy) is 1. The number of carboxylic acid groups (broad SMARTS) is 1. The fourth-order valence-corrected chi connectivity index (χ4v) is 2.21. The lowest BCUT2D eigenvalue weighted by Gasteiger charge is -2.14. The topological polar surface area (TPSA) is 89.7 Å². The van der Waals surface area contributed by atoms with Crippen LogP contribution in [-0.2, 0) is 4.79 Å². The van der Waals surface area contributed by atoms with E-state index in [-0.39, 0.29) is 11.3 Å². The first-order valence-electron chi connectivity index (χ1n) is 4.71. The number of halogens is 2. The molecule has 0 fully saturated rings. The van der Waals surface area contributed by atoms with E-state index in [2.05, 4.69) is 31.9 Å². The van der Waals surface area contributed by atoms with Gasteiger partial charge in [-0.25, -0.2) is 0 Å². The van der Waals surface area contributed by atoms with Gasteiger partial charge in [0, 0.05) is 11.6 Å². The highest BCUT2D eigenvalue weighted by atomic mass is 79.9. The predicted molar refractivity (Wildman–Crippen MR) is 71.7 cm³/mol. The third-order valence-corrected chi connectivity index (χ3v) is 4.87. The highest BCUT2D eigenvalue weighted by Crippen LogP contribution is 2.38. The number of benzene rings is 1. The number of hydrogen-bond acceptors (Lipinski definition) is 4. The van der Waals surface area contributed by atoms with Gasteiger partial charge in [0.05, 0.1) is 16.9 Å². The van der Waals surface area contributed by atoms with E-state index in [0.717, 1.165) is 0 Å². The number of nitrogens with zero attached hydrogens (tertiary/aromatic N) is 1. The van der Waals surface area contributed by atoms with Crippen LogP contribution in [0.15, 0.2) is 18.2 Å². The van der Waals surface area contributed by atoms with Gasteiger partial charge in [0.15, 0.2) is 0 Å². The molecule has 0 radical (unpaired) electrons. The lowest BCUT2D eigenvalue weighted by molar-refractivity contribution is -0.385. The summed E-state index contributed by atoms with van der Waals surface area (Å²) < 4.78 is 4.97. The van der Waals surface area contributed by atoms with Gasteiger partial charge < -0.3 is 9.84 Å². The van der Waals surface area contributed by atoms with E-state index in [1.54, 1.807) is 0 Å². The quantitative estimate of drug-likeness (QED) is 0.480. The minimum Gasteiger partial charge on any atom is -0.497 e. The van der Waals surface area contributed by atoms with Crippen molar-refractivity contribution in [3.8, 4) is 5.75 Å². The molecule has 0 bridgehead atoms. The zero-order chi connectivity index (χ0) is 13.9. The molecule has 0 aliphatic carbocycles. The summed E-state index contributed by atoms with van der Waals surface area (Å²) in [5, 5.41) is 19.8. The highest BCUT2D eigenvalue weighted by molar-refractivity contribution is 9.12. The van der Waals surface area contributed by atoms with Gasteiger partial charge in [-0.1, -0.05) is 31.9 Å². The Morgan fingerprint density at radius 2 is 2.11 bits per heavy atom. The van der Waals surface area contributed by atoms with Crippen LogP contribution in [0.4, 0.5) is 5.69 Å². The normalized spacial score (nSPS) is 13.7. The van der Waals surface area contributed by atoms with Crippen LogP contribution in [0.3, 0.4) is 0 Å². The second-order valence-electron chi connectivity index (χ2n) is 3.32. The van der Waals surface area contributed by atoms with Crippen molar-refractivity contribution in [3.05, 3.63) is 33.9 Å². The summed E-state index contributed by atoms with van der Waals surface area (Å²) in [6.07, 6.45) is 0. The van der Waals surface area contributed by atoms with Crippen molar-refractivity contribution in [1.82, 2.24) is 0 Å². The van der Waals surface area contributed by atoms with E-state index in [9.17, 15) is 14.9 Å². The fraction of sp³-hybridized carbons (Fsp3) is 0.300. The molecular formula is C10H9Br2NO5. The van der Waals surface area contributed by atoms with Crippen LogP contribution in [0, 0.1) is 10.1 Å². The molecule has 0 aromatic heterocycles. The third-order valence-electron chi connectivity index (χ3n) is 2.22. The van der Waals surface area contributed by atoms with Gasteiger partial charge in [0.25, 0.3) is 5.69 Å². The Morgan fingerprint density at radius 1 is 1.50 bits per heavy atom. The summed E-state index contributed by atoms with van der Waals surface area (Å²) in [5.41, 5.74) is 0.0759. The molecule has 0 heterocycles. The molecule has 2 atom stereocenters. The third kappa shape index (κ3) is 3.20. The largest absolute Gasteiger partial charge is 0.497 e. The van der Waals surface area contributed by atoms with Crippen molar-refractivity contribution in [1.29, 1.82) is 0 Å². The van der Waals surface area contributed by atoms with Crippen LogP contribution < -0.4 is 4.74 Å². The van der Waals surface area contributed by atoms with Gasteiger partial charge in [0.1, 0.15) is 10.6 Å². The first-order valence-corrected chi connectivity index (χ1v) is 6.55. The molecular weight excluding hydrogens is 374 g/mol. The van der Waals surface area contributed by atoms with Crippen LogP contribution in [0.25, 0.3) is 0 Å². The number of methoxy groups -OCH3 is 1. The summed E-state index contributed by atoms with van der Waals surface area (Å²) in [4.78, 5) is 19.5. The molecule has 0 aliphatic rings. The molecule has 98 valence electrons. The zero-order valence-electron chi connectivity index (χ0n) is 9.17. The van der Waals surface area contributed by atoms with Crippen LogP contribution in [0.5, 0.6) is 5.75 Å². The molecule has 2 unspecified atom stereocenters. The summed E-state index contributed by atoms with van der Waals surface area (Å²) in [6.45, 7) is 0. The van der Waals surface area contributed by atoms with Crippen LogP contribution in [0.2, 0.25) is 0 Å². The second kappa shape index (κ2) is 6.14. The Balaban J connectivity index is 3.26. The van der Waals surface area contributed by atoms with E-state index >= 15 is 0 Å². The first-order chi connectivity index (χ1) is 8.38. The highest BCUT2D eigenvalue weighted by Gasteiger charge is 2.30. The number of rotatable bonds is 5. The van der Waals surface area contributed by atoms with Crippen molar-refractivity contribution in [2.45, 2.75) is 9.65 Å². The summed E-state index contributed by atoms with van der Waals surface area (Å²) in [6, 6.07) is 4.17. The van der Waals surface area contributed by atoms with Crippen molar-refractivity contribution in [2.75, 3.05) is 7.11 Å². The average Bonchev–Trinajstić information content (AvgIpc) is 2.35. The Bertz CT molecular complexity index is 479. The molecule has 8 heteroatoms. The van der Waals surface area contributed by atoms with Gasteiger partial charge in [-0.2, -0.15) is 0 Å². The number of nitro benzene ring substituents is 1. The molecule has 1 rings (SSSR count). The van der Waals surface area contributed by atoms with Crippen LogP contribution in [-0.4, -0.2) is 27.9 Å². The monoisotopic (exact) mass is 381 g/mol. The lowest BCUT2D eigenvalue weighted by Crippen LogP contribution is -2.18. The van der Waals surface area contributed by atoms with Gasteiger partial charge >= 0.3 is 5.97 Å². The molecule has 0 aliphatic heterocycles. The molecule has 6 nitrogen and oxygen atoms in total. The van der Waals surface area contributed by atoms with E-state index in [4.69, 9.17) is 9.84 Å². The molecule has 1 aromatic carbocycles. The zero-order valence-corrected chi connectivity index (χ0v) is 12.3. The summed E-state index contributed by atoms with van der Waals surface area (Å²) in [7, 11) is 1.43. The van der Waals surface area contributed by atoms with Gasteiger partial charge in [-0.05, 0) is 12.1 Å². The number of carbonyl (C=O) groups is 1. The van der Waals surface area contributed by atoms with Crippen molar-refractivity contribution >= 4 is 43.5 Å². The maximum absolute atomic E-state index is 10.9. The number of hydrogen-bond donors (Lipinski definition) is 1. The number of nitro groups is 1. The SMILES string of the molecule is COc1ccc([N+](=O)[O-])c(C(Br)C(Br)C(=O)O)c1. The summed E-state index contributed by atoms with van der Waals surface area (Å²) in [5.74, 6) is -0.695. The fourth-order valence-electron chi connectivity index (χ4n) is 1.33. The van der Waals surface area contributed by atoms with E-state index < -0.39 is 20.5 Å². The molecule has 0 saturated carbocycles. The van der Waals surface area contributed by atoms with Gasteiger partial charge in [-0.15, -0.1) is 0 Å². The predicted octanol–water partition coefficient (Wildman–Crippen LogP) is 2.89. The molecule has 0 spiro atoms. The minimum atomic E-state index is -1.12. The van der Waals surface area contributed by atoms with E-state index in [1.165, 1.54) is 25.3 Å². The van der Waals surface area contributed by atoms with E-state index in [0.29, 0.717) is 5.75 Å².